The van der Waals surface area contributed by atoms with Crippen LogP contribution in [0.15, 0.2) is 54.1 Å². The molecule has 1 fully saturated rings. The Bertz CT molecular complexity index is 959. The van der Waals surface area contributed by atoms with E-state index in [2.05, 4.69) is 61.2 Å². The lowest BCUT2D eigenvalue weighted by atomic mass is 9.59. The molecule has 1 aromatic carbocycles. The number of benzene rings is 1. The Hall–Kier alpha value is -1.73. The highest BCUT2D eigenvalue weighted by Crippen LogP contribution is 2.59. The molecular formula is C29H44O5Si. The van der Waals surface area contributed by atoms with Crippen LogP contribution in [0.25, 0.3) is 0 Å². The molecule has 0 unspecified atom stereocenters. The number of esters is 1. The minimum Gasteiger partial charge on any atom is -0.463 e. The third-order valence-corrected chi connectivity index (χ3v) is 13.0. The molecular weight excluding hydrogens is 456 g/mol. The lowest BCUT2D eigenvalue weighted by Gasteiger charge is -2.54. The molecule has 4 atom stereocenters. The predicted octanol–water partition coefficient (Wildman–Crippen LogP) is 7.12. The first kappa shape index (κ1) is 27.8. The number of ether oxygens (including phenoxy) is 3. The van der Waals surface area contributed by atoms with Crippen molar-refractivity contribution in [3.05, 3.63) is 59.7 Å². The monoisotopic (exact) mass is 500 g/mol. The summed E-state index contributed by atoms with van der Waals surface area (Å²) >= 11 is 0. The van der Waals surface area contributed by atoms with Crippen molar-refractivity contribution < 1.29 is 23.4 Å². The Morgan fingerprint density at radius 2 is 1.86 bits per heavy atom. The quantitative estimate of drug-likeness (QED) is 0.227. The molecule has 0 amide bonds. The molecule has 1 spiro atoms. The summed E-state index contributed by atoms with van der Waals surface area (Å²) in [6.45, 7) is 23.6. The van der Waals surface area contributed by atoms with Gasteiger partial charge in [0.1, 0.15) is 18.3 Å². The van der Waals surface area contributed by atoms with Gasteiger partial charge in [0.15, 0.2) is 14.6 Å². The molecule has 0 N–H and O–H groups in total. The van der Waals surface area contributed by atoms with Crippen molar-refractivity contribution in [1.29, 1.82) is 0 Å². The number of rotatable bonds is 7. The molecule has 5 nitrogen and oxygen atoms in total. The Labute approximate surface area is 213 Å². The molecule has 1 aromatic rings. The van der Waals surface area contributed by atoms with Crippen LogP contribution in [0, 0.1) is 5.41 Å². The van der Waals surface area contributed by atoms with Crippen molar-refractivity contribution in [1.82, 2.24) is 0 Å². The molecule has 0 aromatic heterocycles. The van der Waals surface area contributed by atoms with Gasteiger partial charge in [-0.05, 0) is 37.0 Å². The molecule has 6 heteroatoms. The van der Waals surface area contributed by atoms with Crippen molar-refractivity contribution in [2.45, 2.75) is 104 Å². The zero-order chi connectivity index (χ0) is 26.2. The number of hydrogen-bond acceptors (Lipinski definition) is 5. The number of carbonyl (C=O) groups is 1. The summed E-state index contributed by atoms with van der Waals surface area (Å²) in [6, 6.07) is 9.97. The van der Waals surface area contributed by atoms with Gasteiger partial charge in [0.2, 0.25) is 0 Å². The van der Waals surface area contributed by atoms with E-state index in [1.165, 1.54) is 18.1 Å². The average Bonchev–Trinajstić information content (AvgIpc) is 3.13. The molecule has 1 saturated heterocycles. The molecule has 194 valence electrons. The van der Waals surface area contributed by atoms with E-state index >= 15 is 0 Å². The summed E-state index contributed by atoms with van der Waals surface area (Å²) in [5, 5.41) is 0.0722. The molecule has 0 bridgehead atoms. The predicted molar refractivity (Wildman–Crippen MR) is 142 cm³/mol. The molecule has 0 radical (unpaired) electrons. The highest BCUT2D eigenvalue weighted by atomic mass is 28.4. The van der Waals surface area contributed by atoms with Gasteiger partial charge in [-0.15, -0.1) is 6.58 Å². The van der Waals surface area contributed by atoms with Gasteiger partial charge in [0.25, 0.3) is 0 Å². The summed E-state index contributed by atoms with van der Waals surface area (Å²) in [7, 11) is -2.08. The van der Waals surface area contributed by atoms with Crippen LogP contribution in [-0.4, -0.2) is 38.7 Å². The Morgan fingerprint density at radius 3 is 2.40 bits per heavy atom. The molecule has 1 aliphatic heterocycles. The molecule has 2 aliphatic rings. The van der Waals surface area contributed by atoms with Gasteiger partial charge in [-0.1, -0.05) is 76.6 Å². The van der Waals surface area contributed by atoms with E-state index in [1.807, 2.05) is 36.4 Å². The van der Waals surface area contributed by atoms with Gasteiger partial charge in [-0.3, -0.25) is 4.79 Å². The highest BCUT2D eigenvalue weighted by molar-refractivity contribution is 6.74. The van der Waals surface area contributed by atoms with Crippen LogP contribution in [0.1, 0.15) is 73.2 Å². The summed E-state index contributed by atoms with van der Waals surface area (Å²) in [6.07, 6.45) is 2.22. The SMILES string of the molecule is C=CCC1=C(C)[C@H](O[Si](C)(C)C(C)(C)C)C[C@]2(O[C@@H](c3ccccc3)O[C@H]2COC(C)=O)C1(C)C. The fourth-order valence-electron chi connectivity index (χ4n) is 5.26. The van der Waals surface area contributed by atoms with E-state index in [0.29, 0.717) is 6.42 Å². The summed E-state index contributed by atoms with van der Waals surface area (Å²) in [5.41, 5.74) is 2.32. The van der Waals surface area contributed by atoms with Crippen LogP contribution in [0.4, 0.5) is 0 Å². The van der Waals surface area contributed by atoms with Crippen molar-refractivity contribution in [3.8, 4) is 0 Å². The van der Waals surface area contributed by atoms with Gasteiger partial charge in [-0.25, -0.2) is 0 Å². The smallest absolute Gasteiger partial charge is 0.302 e. The fraction of sp³-hybridized carbons (Fsp3) is 0.621. The first-order valence-electron chi connectivity index (χ1n) is 12.7. The second-order valence-corrected chi connectivity index (χ2v) is 16.8. The average molecular weight is 501 g/mol. The van der Waals surface area contributed by atoms with Gasteiger partial charge >= 0.3 is 5.97 Å². The third-order valence-electron chi connectivity index (χ3n) is 8.49. The lowest BCUT2D eigenvalue weighted by Crippen LogP contribution is -2.60. The van der Waals surface area contributed by atoms with Gasteiger partial charge in [-0.2, -0.15) is 0 Å². The van der Waals surface area contributed by atoms with E-state index in [-0.39, 0.29) is 23.7 Å². The molecule has 1 heterocycles. The highest BCUT2D eigenvalue weighted by Gasteiger charge is 2.63. The maximum atomic E-state index is 11.8. The normalized spacial score (nSPS) is 28.9. The number of hydrogen-bond donors (Lipinski definition) is 0. The maximum Gasteiger partial charge on any atom is 0.302 e. The molecule has 3 rings (SSSR count). The van der Waals surface area contributed by atoms with E-state index in [0.717, 1.165) is 12.0 Å². The lowest BCUT2D eigenvalue weighted by molar-refractivity contribution is -0.152. The fourth-order valence-corrected chi connectivity index (χ4v) is 6.58. The molecule has 1 aliphatic carbocycles. The van der Waals surface area contributed by atoms with E-state index in [1.54, 1.807) is 0 Å². The van der Waals surface area contributed by atoms with Gasteiger partial charge < -0.3 is 18.6 Å². The van der Waals surface area contributed by atoms with Crippen LogP contribution >= 0.6 is 0 Å². The molecule has 35 heavy (non-hydrogen) atoms. The zero-order valence-electron chi connectivity index (χ0n) is 23.1. The first-order valence-corrected chi connectivity index (χ1v) is 15.6. The van der Waals surface area contributed by atoms with Crippen LogP contribution in [0.5, 0.6) is 0 Å². The standard InChI is InChI=1S/C29H44O5Si/c1-11-15-23-20(2)24(34-35(9,10)27(4,5)6)18-29(28(23,7)8)25(19-31-21(3)30)32-26(33-29)22-16-13-12-14-17-22/h11-14,16-17,24-26H,1,15,18-19H2,2-10H3/t24-,25+,26+,29-/m1/s1. The number of allylic oxidation sites excluding steroid dienone is 1. The van der Waals surface area contributed by atoms with Crippen LogP contribution in [0.3, 0.4) is 0 Å². The Kier molecular flexibility index (Phi) is 7.93. The second-order valence-electron chi connectivity index (χ2n) is 12.0. The third kappa shape index (κ3) is 5.22. The van der Waals surface area contributed by atoms with Crippen molar-refractivity contribution >= 4 is 14.3 Å². The van der Waals surface area contributed by atoms with Crippen LogP contribution in [0.2, 0.25) is 18.1 Å². The minimum absolute atomic E-state index is 0.0722. The van der Waals surface area contributed by atoms with E-state index in [4.69, 9.17) is 18.6 Å². The number of carbonyl (C=O) groups excluding carboxylic acids is 1. The van der Waals surface area contributed by atoms with Crippen LogP contribution < -0.4 is 0 Å². The van der Waals surface area contributed by atoms with Crippen LogP contribution in [-0.2, 0) is 23.4 Å². The first-order chi connectivity index (χ1) is 16.2. The summed E-state index contributed by atoms with van der Waals surface area (Å²) in [5.74, 6) is -0.326. The Morgan fingerprint density at radius 1 is 1.23 bits per heavy atom. The topological polar surface area (TPSA) is 54.0 Å². The van der Waals surface area contributed by atoms with Crippen molar-refractivity contribution in [2.24, 2.45) is 5.41 Å². The zero-order valence-corrected chi connectivity index (χ0v) is 24.1. The second kappa shape index (κ2) is 9.96. The van der Waals surface area contributed by atoms with Crippen molar-refractivity contribution in [3.63, 3.8) is 0 Å². The van der Waals surface area contributed by atoms with Crippen molar-refractivity contribution in [2.75, 3.05) is 6.61 Å². The maximum absolute atomic E-state index is 11.8. The largest absolute Gasteiger partial charge is 0.463 e. The summed E-state index contributed by atoms with van der Waals surface area (Å²) < 4.78 is 26.0. The Balaban J connectivity index is 2.12. The summed E-state index contributed by atoms with van der Waals surface area (Å²) in [4.78, 5) is 11.8. The van der Waals surface area contributed by atoms with E-state index in [9.17, 15) is 4.79 Å². The van der Waals surface area contributed by atoms with Gasteiger partial charge in [0, 0.05) is 24.3 Å². The van der Waals surface area contributed by atoms with Gasteiger partial charge in [0.05, 0.1) is 6.10 Å². The molecule has 0 saturated carbocycles. The minimum atomic E-state index is -2.08. The van der Waals surface area contributed by atoms with E-state index < -0.39 is 31.7 Å².